The molecule has 1 N–H and O–H groups in total. The van der Waals surface area contributed by atoms with Crippen molar-refractivity contribution < 1.29 is 14.3 Å². The first-order chi connectivity index (χ1) is 14.2. The van der Waals surface area contributed by atoms with E-state index in [0.29, 0.717) is 24.2 Å². The highest BCUT2D eigenvalue weighted by Crippen LogP contribution is 2.29. The largest absolute Gasteiger partial charge is 0.444 e. The number of amides is 1. The molecule has 0 unspecified atom stereocenters. The third kappa shape index (κ3) is 3.95. The monoisotopic (exact) mass is 410 g/mol. The van der Waals surface area contributed by atoms with Crippen LogP contribution in [0.2, 0.25) is 0 Å². The summed E-state index contributed by atoms with van der Waals surface area (Å²) in [4.78, 5) is 33.3. The lowest BCUT2D eigenvalue weighted by atomic mass is 10.0. The fraction of sp³-hybridized carbons (Fsp3) is 0.409. The number of carbonyl (C=O) groups is 1. The van der Waals surface area contributed by atoms with Gasteiger partial charge in [-0.2, -0.15) is 0 Å². The molecule has 4 rings (SSSR count). The van der Waals surface area contributed by atoms with E-state index in [1.807, 2.05) is 62.7 Å². The molecule has 0 radical (unpaired) electrons. The minimum atomic E-state index is -0.562. The number of carbonyl (C=O) groups excluding carboxylic acids is 1. The SMILES string of the molecule is C[C@@H]1CN(C(=O)OC(C)(C)C)[C@@H](c2ccc(-n3ccc4c(=O)[nH]cnc43)cc2)CO1. The van der Waals surface area contributed by atoms with Gasteiger partial charge in [0, 0.05) is 11.9 Å². The van der Waals surface area contributed by atoms with Crippen molar-refractivity contribution in [2.24, 2.45) is 0 Å². The molecule has 0 spiro atoms. The third-order valence-electron chi connectivity index (χ3n) is 5.04. The molecule has 1 fully saturated rings. The molecule has 0 aliphatic carbocycles. The molecule has 1 aliphatic heterocycles. The van der Waals surface area contributed by atoms with E-state index in [-0.39, 0.29) is 23.8 Å². The Balaban J connectivity index is 1.62. The van der Waals surface area contributed by atoms with Crippen LogP contribution in [0, 0.1) is 0 Å². The first kappa shape index (κ1) is 20.2. The quantitative estimate of drug-likeness (QED) is 0.699. The summed E-state index contributed by atoms with van der Waals surface area (Å²) in [6.45, 7) is 8.40. The smallest absolute Gasteiger partial charge is 0.410 e. The predicted molar refractivity (Wildman–Crippen MR) is 113 cm³/mol. The van der Waals surface area contributed by atoms with E-state index < -0.39 is 5.60 Å². The summed E-state index contributed by atoms with van der Waals surface area (Å²) in [7, 11) is 0. The summed E-state index contributed by atoms with van der Waals surface area (Å²) < 4.78 is 13.3. The second-order valence-corrected chi connectivity index (χ2v) is 8.54. The molecular weight excluding hydrogens is 384 g/mol. The number of rotatable bonds is 2. The Bertz CT molecular complexity index is 1110. The predicted octanol–water partition coefficient (Wildman–Crippen LogP) is 3.41. The number of fused-ring (bicyclic) bond motifs is 1. The summed E-state index contributed by atoms with van der Waals surface area (Å²) in [6.07, 6.45) is 2.82. The standard InChI is InChI=1S/C22H26N4O4/c1-14-11-26(21(28)30-22(2,3)4)18(12-29-14)15-5-7-16(8-6-15)25-10-9-17-19(25)23-13-24-20(17)27/h5-10,13-14,18H,11-12H2,1-4H3,(H,23,24,27)/t14-,18-/m1/s1. The second kappa shape index (κ2) is 7.60. The van der Waals surface area contributed by atoms with Crippen molar-refractivity contribution in [2.45, 2.75) is 45.4 Å². The molecule has 1 amide bonds. The van der Waals surface area contributed by atoms with Crippen LogP contribution >= 0.6 is 0 Å². The zero-order chi connectivity index (χ0) is 21.5. The molecule has 1 aliphatic rings. The molecule has 8 heteroatoms. The Labute approximate surface area is 174 Å². The van der Waals surface area contributed by atoms with Gasteiger partial charge in [-0.05, 0) is 51.5 Å². The molecule has 0 bridgehead atoms. The van der Waals surface area contributed by atoms with Gasteiger partial charge >= 0.3 is 6.09 Å². The number of ether oxygens (including phenoxy) is 2. The van der Waals surface area contributed by atoms with Crippen molar-refractivity contribution in [1.82, 2.24) is 19.4 Å². The maximum atomic E-state index is 12.8. The highest BCUT2D eigenvalue weighted by atomic mass is 16.6. The summed E-state index contributed by atoms with van der Waals surface area (Å²) in [5.41, 5.74) is 1.70. The second-order valence-electron chi connectivity index (χ2n) is 8.54. The number of aromatic nitrogens is 3. The summed E-state index contributed by atoms with van der Waals surface area (Å²) in [5, 5.41) is 0.535. The maximum absolute atomic E-state index is 12.8. The van der Waals surface area contributed by atoms with E-state index >= 15 is 0 Å². The molecule has 8 nitrogen and oxygen atoms in total. The highest BCUT2D eigenvalue weighted by molar-refractivity contribution is 5.76. The lowest BCUT2D eigenvalue weighted by molar-refractivity contribution is -0.0644. The Hall–Kier alpha value is -3.13. The van der Waals surface area contributed by atoms with Crippen LogP contribution in [0.25, 0.3) is 16.7 Å². The van der Waals surface area contributed by atoms with Crippen molar-refractivity contribution in [3.8, 4) is 5.69 Å². The van der Waals surface area contributed by atoms with E-state index in [2.05, 4.69) is 9.97 Å². The lowest BCUT2D eigenvalue weighted by Gasteiger charge is -2.39. The van der Waals surface area contributed by atoms with Crippen LogP contribution in [-0.2, 0) is 9.47 Å². The fourth-order valence-corrected chi connectivity index (χ4v) is 3.63. The zero-order valence-electron chi connectivity index (χ0n) is 17.6. The van der Waals surface area contributed by atoms with Crippen molar-refractivity contribution in [2.75, 3.05) is 13.2 Å². The van der Waals surface area contributed by atoms with Crippen LogP contribution in [0.5, 0.6) is 0 Å². The molecule has 3 heterocycles. The van der Waals surface area contributed by atoms with Crippen molar-refractivity contribution in [3.63, 3.8) is 0 Å². The molecule has 3 aromatic rings. The van der Waals surface area contributed by atoms with E-state index in [0.717, 1.165) is 11.3 Å². The number of hydrogen-bond acceptors (Lipinski definition) is 5. The van der Waals surface area contributed by atoms with Gasteiger partial charge in [0.1, 0.15) is 5.60 Å². The number of H-pyrrole nitrogens is 1. The Morgan fingerprint density at radius 3 is 2.67 bits per heavy atom. The van der Waals surface area contributed by atoms with E-state index in [1.165, 1.54) is 6.33 Å². The van der Waals surface area contributed by atoms with E-state index in [1.54, 1.807) is 11.0 Å². The number of morpholine rings is 1. The van der Waals surface area contributed by atoms with Crippen LogP contribution in [0.3, 0.4) is 0 Å². The fourth-order valence-electron chi connectivity index (χ4n) is 3.63. The number of nitrogens with one attached hydrogen (secondary N) is 1. The molecule has 0 saturated carbocycles. The van der Waals surface area contributed by atoms with Gasteiger partial charge in [0.25, 0.3) is 5.56 Å². The summed E-state index contributed by atoms with van der Waals surface area (Å²) >= 11 is 0. The Morgan fingerprint density at radius 2 is 1.97 bits per heavy atom. The normalized spacial score (nSPS) is 19.8. The van der Waals surface area contributed by atoms with Crippen LogP contribution in [0.15, 0.2) is 47.7 Å². The maximum Gasteiger partial charge on any atom is 0.410 e. The van der Waals surface area contributed by atoms with Gasteiger partial charge in [0.2, 0.25) is 0 Å². The molecule has 1 saturated heterocycles. The Morgan fingerprint density at radius 1 is 1.23 bits per heavy atom. The zero-order valence-corrected chi connectivity index (χ0v) is 17.6. The minimum absolute atomic E-state index is 0.0524. The highest BCUT2D eigenvalue weighted by Gasteiger charge is 2.34. The van der Waals surface area contributed by atoms with Crippen LogP contribution in [0.1, 0.15) is 39.3 Å². The summed E-state index contributed by atoms with van der Waals surface area (Å²) in [5.74, 6) is 0. The van der Waals surface area contributed by atoms with Gasteiger partial charge in [-0.25, -0.2) is 9.78 Å². The van der Waals surface area contributed by atoms with Gasteiger partial charge in [0.15, 0.2) is 5.65 Å². The van der Waals surface area contributed by atoms with Gasteiger partial charge < -0.3 is 19.0 Å². The van der Waals surface area contributed by atoms with Gasteiger partial charge in [-0.3, -0.25) is 9.69 Å². The topological polar surface area (TPSA) is 89.5 Å². The molecule has 1 aromatic carbocycles. The van der Waals surface area contributed by atoms with Gasteiger partial charge in [0.05, 0.1) is 37.0 Å². The first-order valence-electron chi connectivity index (χ1n) is 9.99. The van der Waals surface area contributed by atoms with E-state index in [4.69, 9.17) is 9.47 Å². The average molecular weight is 410 g/mol. The number of benzene rings is 1. The minimum Gasteiger partial charge on any atom is -0.444 e. The van der Waals surface area contributed by atoms with Gasteiger partial charge in [-0.15, -0.1) is 0 Å². The lowest BCUT2D eigenvalue weighted by Crippen LogP contribution is -2.48. The van der Waals surface area contributed by atoms with E-state index in [9.17, 15) is 9.59 Å². The molecule has 2 atom stereocenters. The van der Waals surface area contributed by atoms with Gasteiger partial charge in [-0.1, -0.05) is 12.1 Å². The molecular formula is C22H26N4O4. The third-order valence-corrected chi connectivity index (χ3v) is 5.04. The first-order valence-corrected chi connectivity index (χ1v) is 9.99. The molecule has 30 heavy (non-hydrogen) atoms. The van der Waals surface area contributed by atoms with Crippen LogP contribution in [-0.4, -0.2) is 50.4 Å². The number of aromatic amines is 1. The Kier molecular flexibility index (Phi) is 5.11. The van der Waals surface area contributed by atoms with Crippen molar-refractivity contribution in [1.29, 1.82) is 0 Å². The number of nitrogens with zero attached hydrogens (tertiary/aromatic N) is 3. The average Bonchev–Trinajstić information content (AvgIpc) is 3.12. The van der Waals surface area contributed by atoms with Crippen LogP contribution in [0.4, 0.5) is 4.79 Å². The molecule has 158 valence electrons. The van der Waals surface area contributed by atoms with Crippen LogP contribution < -0.4 is 5.56 Å². The van der Waals surface area contributed by atoms with Crippen molar-refractivity contribution in [3.05, 3.63) is 58.8 Å². The van der Waals surface area contributed by atoms with Crippen molar-refractivity contribution >= 4 is 17.1 Å². The summed E-state index contributed by atoms with van der Waals surface area (Å²) in [6, 6.07) is 9.35. The molecule has 2 aromatic heterocycles. The number of hydrogen-bond donors (Lipinski definition) is 1.